The van der Waals surface area contributed by atoms with Crippen LogP contribution in [0.3, 0.4) is 0 Å². The number of rotatable bonds is 7. The number of ether oxygens (including phenoxy) is 1. The van der Waals surface area contributed by atoms with Crippen LogP contribution >= 0.6 is 23.2 Å². The Labute approximate surface area is 221 Å². The number of aryl methyl sites for hydroxylation is 1. The summed E-state index contributed by atoms with van der Waals surface area (Å²) in [7, 11) is 0. The Morgan fingerprint density at radius 1 is 1.14 bits per heavy atom. The number of hydrogen-bond acceptors (Lipinski definition) is 4. The van der Waals surface area contributed by atoms with Crippen LogP contribution in [0.15, 0.2) is 42.0 Å². The highest BCUT2D eigenvalue weighted by Gasteiger charge is 2.26. The first-order valence-electron chi connectivity index (χ1n) is 12.6. The smallest absolute Gasteiger partial charge is 0.306 e. The van der Waals surface area contributed by atoms with Gasteiger partial charge in [-0.25, -0.2) is 0 Å². The minimum atomic E-state index is -0.678. The number of carbonyl (C=O) groups is 1. The van der Waals surface area contributed by atoms with Crippen molar-refractivity contribution in [2.75, 3.05) is 19.6 Å². The van der Waals surface area contributed by atoms with Gasteiger partial charge in [0.15, 0.2) is 5.15 Å². The number of fused-ring (bicyclic) bond motifs is 2. The fraction of sp³-hybridized carbons (Fsp3) is 0.429. The zero-order valence-electron chi connectivity index (χ0n) is 20.6. The highest BCUT2D eigenvalue weighted by atomic mass is 35.5. The molecule has 2 aliphatic rings. The first-order valence-corrected chi connectivity index (χ1v) is 13.3. The van der Waals surface area contributed by atoms with E-state index in [4.69, 9.17) is 27.9 Å². The van der Waals surface area contributed by atoms with Gasteiger partial charge in [-0.2, -0.15) is 5.10 Å². The van der Waals surface area contributed by atoms with Gasteiger partial charge in [0.2, 0.25) is 0 Å². The number of carboxylic acids is 1. The molecule has 0 radical (unpaired) electrons. The Balaban J connectivity index is 1.25. The molecule has 36 heavy (non-hydrogen) atoms. The number of nitrogens with zero attached hydrogens (tertiary/aromatic N) is 3. The molecule has 6 nitrogen and oxygen atoms in total. The molecular formula is C28H31Cl2N3O3. The van der Waals surface area contributed by atoms with E-state index in [-0.39, 0.29) is 12.0 Å². The highest BCUT2D eigenvalue weighted by Crippen LogP contribution is 2.37. The molecule has 1 aliphatic heterocycles. The number of halogens is 2. The molecule has 5 rings (SSSR count). The van der Waals surface area contributed by atoms with Crippen LogP contribution in [0.25, 0.3) is 15.9 Å². The lowest BCUT2D eigenvalue weighted by Crippen LogP contribution is -2.37. The molecule has 190 valence electrons. The largest absolute Gasteiger partial charge is 0.489 e. The van der Waals surface area contributed by atoms with Crippen molar-refractivity contribution in [3.8, 4) is 5.75 Å². The molecule has 0 saturated carbocycles. The third-order valence-electron chi connectivity index (χ3n) is 7.29. The molecule has 1 N–H and O–H groups in total. The Bertz CT molecular complexity index is 1320. The predicted octanol–water partition coefficient (Wildman–Crippen LogP) is 6.54. The number of aliphatic carboxylic acids is 1. The lowest BCUT2D eigenvalue weighted by Gasteiger charge is -2.32. The quantitative estimate of drug-likeness (QED) is 0.377. The lowest BCUT2D eigenvalue weighted by molar-refractivity contribution is -0.143. The van der Waals surface area contributed by atoms with Crippen molar-refractivity contribution in [3.05, 3.63) is 63.8 Å². The first kappa shape index (κ1) is 25.1. The van der Waals surface area contributed by atoms with Crippen LogP contribution in [-0.2, 0) is 17.8 Å². The molecule has 0 bridgehead atoms. The van der Waals surface area contributed by atoms with E-state index in [0.717, 1.165) is 65.3 Å². The van der Waals surface area contributed by atoms with Gasteiger partial charge in [0.25, 0.3) is 0 Å². The molecular weight excluding hydrogens is 497 g/mol. The third-order valence-corrected chi connectivity index (χ3v) is 8.04. The van der Waals surface area contributed by atoms with Crippen molar-refractivity contribution in [2.45, 2.75) is 52.2 Å². The average molecular weight is 528 g/mol. The fourth-order valence-electron chi connectivity index (χ4n) is 5.22. The molecule has 0 amide bonds. The summed E-state index contributed by atoms with van der Waals surface area (Å²) in [6, 6.07) is 12.5. The molecule has 1 aliphatic carbocycles. The fourth-order valence-corrected chi connectivity index (χ4v) is 5.80. The summed E-state index contributed by atoms with van der Waals surface area (Å²) in [6.07, 6.45) is 3.23. The van der Waals surface area contributed by atoms with E-state index in [0.29, 0.717) is 24.6 Å². The summed E-state index contributed by atoms with van der Waals surface area (Å²) in [5, 5.41) is 16.0. The van der Waals surface area contributed by atoms with Crippen LogP contribution in [0, 0.1) is 5.92 Å². The van der Waals surface area contributed by atoms with Gasteiger partial charge in [0.05, 0.1) is 11.4 Å². The van der Waals surface area contributed by atoms with E-state index < -0.39 is 5.97 Å². The summed E-state index contributed by atoms with van der Waals surface area (Å²) >= 11 is 13.2. The van der Waals surface area contributed by atoms with Crippen LogP contribution in [0.5, 0.6) is 5.75 Å². The van der Waals surface area contributed by atoms with E-state index in [1.54, 1.807) is 0 Å². The summed E-state index contributed by atoms with van der Waals surface area (Å²) in [5.41, 5.74) is 5.56. The normalized spacial score (nSPS) is 17.1. The van der Waals surface area contributed by atoms with Gasteiger partial charge < -0.3 is 9.84 Å². The minimum Gasteiger partial charge on any atom is -0.489 e. The Kier molecular flexibility index (Phi) is 7.29. The van der Waals surface area contributed by atoms with E-state index in [2.05, 4.69) is 48.1 Å². The number of carboxylic acid groups (broad SMARTS) is 1. The van der Waals surface area contributed by atoms with Crippen molar-refractivity contribution < 1.29 is 14.6 Å². The summed E-state index contributed by atoms with van der Waals surface area (Å²) in [5.74, 6) is -0.0718. The first-order chi connectivity index (χ1) is 17.3. The molecule has 3 aromatic rings. The number of hydrogen-bond donors (Lipinski definition) is 1. The molecule has 0 unspecified atom stereocenters. The van der Waals surface area contributed by atoms with Crippen LogP contribution < -0.4 is 4.74 Å². The number of piperidine rings is 1. The summed E-state index contributed by atoms with van der Waals surface area (Å²) in [6.45, 7) is 7.04. The maximum absolute atomic E-state index is 11.2. The van der Waals surface area contributed by atoms with Gasteiger partial charge in [0, 0.05) is 23.0 Å². The Morgan fingerprint density at radius 3 is 2.64 bits per heavy atom. The molecule has 1 aromatic heterocycles. The SMILES string of the molecule is CC(C)n1nc(Cl)c2cc(COc3ccc4c(c3)CCC(CN3CCC(C(=O)O)CC3)=C4Cl)ccc21. The topological polar surface area (TPSA) is 67.6 Å². The van der Waals surface area contributed by atoms with Crippen LogP contribution in [0.1, 0.15) is 55.8 Å². The van der Waals surface area contributed by atoms with Crippen molar-refractivity contribution >= 4 is 45.1 Å². The molecule has 1 fully saturated rings. The van der Waals surface area contributed by atoms with Crippen LogP contribution in [-0.4, -0.2) is 45.4 Å². The highest BCUT2D eigenvalue weighted by molar-refractivity contribution is 6.49. The summed E-state index contributed by atoms with van der Waals surface area (Å²) in [4.78, 5) is 13.5. The number of benzene rings is 2. The van der Waals surface area contributed by atoms with Crippen molar-refractivity contribution in [3.63, 3.8) is 0 Å². The maximum Gasteiger partial charge on any atom is 0.306 e. The Hall–Kier alpha value is -2.54. The molecule has 2 aromatic carbocycles. The van der Waals surface area contributed by atoms with E-state index in [1.807, 2.05) is 16.8 Å². The van der Waals surface area contributed by atoms with Crippen molar-refractivity contribution in [1.29, 1.82) is 0 Å². The molecule has 2 heterocycles. The average Bonchev–Trinajstić information content (AvgIpc) is 3.21. The third kappa shape index (κ3) is 5.13. The molecule has 1 saturated heterocycles. The van der Waals surface area contributed by atoms with Gasteiger partial charge in [-0.1, -0.05) is 29.3 Å². The second-order valence-corrected chi connectivity index (χ2v) is 10.8. The van der Waals surface area contributed by atoms with Crippen molar-refractivity contribution in [1.82, 2.24) is 14.7 Å². The van der Waals surface area contributed by atoms with E-state index in [1.165, 1.54) is 11.1 Å². The second kappa shape index (κ2) is 10.4. The van der Waals surface area contributed by atoms with Crippen LogP contribution in [0.2, 0.25) is 5.15 Å². The van der Waals surface area contributed by atoms with Crippen LogP contribution in [0.4, 0.5) is 0 Å². The maximum atomic E-state index is 11.2. The second-order valence-electron chi connectivity index (χ2n) is 10.1. The zero-order valence-corrected chi connectivity index (χ0v) is 22.1. The summed E-state index contributed by atoms with van der Waals surface area (Å²) < 4.78 is 8.07. The van der Waals surface area contributed by atoms with Crippen molar-refractivity contribution in [2.24, 2.45) is 5.92 Å². The van der Waals surface area contributed by atoms with Gasteiger partial charge in [-0.05, 0) is 105 Å². The standard InChI is InChI=1S/C28H31Cl2N3O3/c1-17(2)33-25-8-3-18(13-24(25)27(30)31-33)16-36-22-6-7-23-20(14-22)4-5-21(26(23)29)15-32-11-9-19(10-12-32)28(34)35/h3,6-8,13-14,17,19H,4-5,9-12,15-16H2,1-2H3,(H,34,35). The molecule has 0 spiro atoms. The zero-order chi connectivity index (χ0) is 25.4. The van der Waals surface area contributed by atoms with E-state index >= 15 is 0 Å². The molecule has 0 atom stereocenters. The lowest BCUT2D eigenvalue weighted by atomic mass is 9.90. The molecule has 8 heteroatoms. The number of aromatic nitrogens is 2. The number of likely N-dealkylation sites (tertiary alicyclic amines) is 1. The van der Waals surface area contributed by atoms with Gasteiger partial charge in [-0.3, -0.25) is 14.4 Å². The van der Waals surface area contributed by atoms with Gasteiger partial charge in [-0.15, -0.1) is 0 Å². The van der Waals surface area contributed by atoms with E-state index in [9.17, 15) is 9.90 Å². The minimum absolute atomic E-state index is 0.215. The monoisotopic (exact) mass is 527 g/mol. The Morgan fingerprint density at radius 2 is 1.92 bits per heavy atom. The van der Waals surface area contributed by atoms with Gasteiger partial charge >= 0.3 is 5.97 Å². The van der Waals surface area contributed by atoms with Gasteiger partial charge in [0.1, 0.15) is 12.4 Å². The predicted molar refractivity (Wildman–Crippen MR) is 144 cm³/mol.